The fraction of sp³-hybridized carbons (Fsp3) is 0.533. The molecule has 0 radical (unpaired) electrons. The Morgan fingerprint density at radius 2 is 1.74 bits per heavy atom. The van der Waals surface area contributed by atoms with Crippen LogP contribution in [0, 0.1) is 5.92 Å². The van der Waals surface area contributed by atoms with Gasteiger partial charge in [0.25, 0.3) is 0 Å². The first-order valence-corrected chi connectivity index (χ1v) is 6.50. The summed E-state index contributed by atoms with van der Waals surface area (Å²) in [5.74, 6) is 0.280. The van der Waals surface area contributed by atoms with Gasteiger partial charge in [0.15, 0.2) is 0 Å². The summed E-state index contributed by atoms with van der Waals surface area (Å²) >= 11 is 0. The number of ether oxygens (including phenoxy) is 2. The lowest BCUT2D eigenvalue weighted by molar-refractivity contribution is -0.141. The van der Waals surface area contributed by atoms with E-state index in [1.54, 1.807) is 21.1 Å². The molecule has 0 heterocycles. The maximum Gasteiger partial charge on any atom is 0.306 e. The number of hydrogen-bond donors (Lipinski definition) is 1. The highest BCUT2D eigenvalue weighted by molar-refractivity contribution is 5.70. The Bertz CT molecular complexity index is 440. The normalized spacial score (nSPS) is 12.0. The zero-order chi connectivity index (χ0) is 14.4. The summed E-state index contributed by atoms with van der Waals surface area (Å²) in [5, 5.41) is 9.00. The largest absolute Gasteiger partial charge is 0.496 e. The highest BCUT2D eigenvalue weighted by atomic mass is 16.5. The van der Waals surface area contributed by atoms with Gasteiger partial charge in [-0.3, -0.25) is 4.79 Å². The van der Waals surface area contributed by atoms with Crippen LogP contribution in [0.25, 0.3) is 0 Å². The monoisotopic (exact) mass is 266 g/mol. The molecule has 106 valence electrons. The Hall–Kier alpha value is -1.71. The zero-order valence-corrected chi connectivity index (χ0v) is 12.0. The maximum absolute atomic E-state index is 11.0. The van der Waals surface area contributed by atoms with Gasteiger partial charge in [-0.2, -0.15) is 0 Å². The summed E-state index contributed by atoms with van der Waals surface area (Å²) in [6.45, 7) is 3.79. The Labute approximate surface area is 114 Å². The number of carbonyl (C=O) groups is 1. The van der Waals surface area contributed by atoms with Crippen LogP contribution in [0.3, 0.4) is 0 Å². The minimum absolute atomic E-state index is 0.432. The third-order valence-electron chi connectivity index (χ3n) is 3.15. The first-order valence-electron chi connectivity index (χ1n) is 6.50. The quantitative estimate of drug-likeness (QED) is 0.824. The summed E-state index contributed by atoms with van der Waals surface area (Å²) in [7, 11) is 3.23. The smallest absolute Gasteiger partial charge is 0.306 e. The van der Waals surface area contributed by atoms with Crippen LogP contribution in [0.2, 0.25) is 0 Å². The second kappa shape index (κ2) is 7.02. The van der Waals surface area contributed by atoms with E-state index in [0.29, 0.717) is 6.42 Å². The molecule has 1 aromatic carbocycles. The highest BCUT2D eigenvalue weighted by Crippen LogP contribution is 2.31. The van der Waals surface area contributed by atoms with Crippen LogP contribution in [-0.4, -0.2) is 25.3 Å². The fourth-order valence-corrected chi connectivity index (χ4v) is 2.07. The number of carboxylic acids is 1. The first-order chi connectivity index (χ1) is 9.03. The minimum Gasteiger partial charge on any atom is -0.496 e. The van der Waals surface area contributed by atoms with E-state index in [-0.39, 0.29) is 0 Å². The second-order valence-corrected chi connectivity index (χ2v) is 4.67. The lowest BCUT2D eigenvalue weighted by atomic mass is 9.97. The lowest BCUT2D eigenvalue weighted by Crippen LogP contribution is -2.13. The molecule has 0 bridgehead atoms. The Balaban J connectivity index is 3.12. The number of hydrogen-bond acceptors (Lipinski definition) is 3. The van der Waals surface area contributed by atoms with E-state index >= 15 is 0 Å². The van der Waals surface area contributed by atoms with E-state index in [0.717, 1.165) is 35.5 Å². The number of aryl methyl sites for hydroxylation is 1. The van der Waals surface area contributed by atoms with E-state index in [9.17, 15) is 4.79 Å². The van der Waals surface area contributed by atoms with Crippen LogP contribution in [-0.2, 0) is 17.6 Å². The van der Waals surface area contributed by atoms with E-state index < -0.39 is 11.9 Å². The molecular formula is C15H22O4. The lowest BCUT2D eigenvalue weighted by Gasteiger charge is -2.16. The van der Waals surface area contributed by atoms with Gasteiger partial charge >= 0.3 is 5.97 Å². The van der Waals surface area contributed by atoms with Crippen molar-refractivity contribution in [1.82, 2.24) is 0 Å². The van der Waals surface area contributed by atoms with Gasteiger partial charge in [-0.1, -0.05) is 20.3 Å². The average molecular weight is 266 g/mol. The van der Waals surface area contributed by atoms with Crippen molar-refractivity contribution in [2.45, 2.75) is 33.1 Å². The second-order valence-electron chi connectivity index (χ2n) is 4.67. The van der Waals surface area contributed by atoms with Crippen molar-refractivity contribution in [1.29, 1.82) is 0 Å². The van der Waals surface area contributed by atoms with Crippen LogP contribution in [0.15, 0.2) is 12.1 Å². The molecule has 0 aliphatic rings. The van der Waals surface area contributed by atoms with Gasteiger partial charge in [-0.05, 0) is 36.1 Å². The molecular weight excluding hydrogens is 244 g/mol. The van der Waals surface area contributed by atoms with E-state index in [4.69, 9.17) is 14.6 Å². The molecule has 0 aliphatic carbocycles. The first kappa shape index (κ1) is 15.3. The molecule has 0 saturated heterocycles. The average Bonchev–Trinajstić information content (AvgIpc) is 2.39. The zero-order valence-electron chi connectivity index (χ0n) is 12.0. The molecule has 0 spiro atoms. The third-order valence-corrected chi connectivity index (χ3v) is 3.15. The molecule has 1 unspecified atom stereocenters. The van der Waals surface area contributed by atoms with Crippen LogP contribution < -0.4 is 9.47 Å². The molecule has 4 nitrogen and oxygen atoms in total. The van der Waals surface area contributed by atoms with Gasteiger partial charge in [-0.25, -0.2) is 0 Å². The Kier molecular flexibility index (Phi) is 5.67. The molecule has 19 heavy (non-hydrogen) atoms. The Morgan fingerprint density at radius 3 is 2.21 bits per heavy atom. The van der Waals surface area contributed by atoms with E-state index in [2.05, 4.69) is 6.92 Å². The summed E-state index contributed by atoms with van der Waals surface area (Å²) in [4.78, 5) is 11.0. The summed E-state index contributed by atoms with van der Waals surface area (Å²) < 4.78 is 10.7. The molecule has 0 aliphatic heterocycles. The predicted octanol–water partition coefficient (Wildman–Crippen LogP) is 2.92. The predicted molar refractivity (Wildman–Crippen MR) is 74.0 cm³/mol. The van der Waals surface area contributed by atoms with Gasteiger partial charge in [0.2, 0.25) is 0 Å². The number of aliphatic carboxylic acids is 1. The summed E-state index contributed by atoms with van der Waals surface area (Å²) in [5.41, 5.74) is 1.96. The molecule has 1 N–H and O–H groups in total. The number of methoxy groups -OCH3 is 2. The van der Waals surface area contributed by atoms with Crippen molar-refractivity contribution in [3.63, 3.8) is 0 Å². The molecule has 4 heteroatoms. The van der Waals surface area contributed by atoms with Crippen molar-refractivity contribution in [2.75, 3.05) is 14.2 Å². The van der Waals surface area contributed by atoms with Crippen LogP contribution >= 0.6 is 0 Å². The summed E-state index contributed by atoms with van der Waals surface area (Å²) in [6, 6.07) is 3.84. The summed E-state index contributed by atoms with van der Waals surface area (Å²) in [6.07, 6.45) is 2.36. The number of carboxylic acid groups (broad SMARTS) is 1. The molecule has 0 saturated carbocycles. The number of rotatable bonds is 7. The van der Waals surface area contributed by atoms with Crippen LogP contribution in [0.1, 0.15) is 31.4 Å². The molecule has 0 aromatic heterocycles. The number of benzene rings is 1. The van der Waals surface area contributed by atoms with Crippen molar-refractivity contribution in [3.8, 4) is 11.5 Å². The SMILES string of the molecule is CCCc1cc(OC)c(CC(C)C(=O)O)cc1OC. The molecule has 1 rings (SSSR count). The van der Waals surface area contributed by atoms with Gasteiger partial charge in [0, 0.05) is 0 Å². The standard InChI is InChI=1S/C15H22O4/c1-5-6-11-8-14(19-4)12(9-13(11)18-3)7-10(2)15(16)17/h8-10H,5-7H2,1-4H3,(H,16,17). The van der Waals surface area contributed by atoms with Crippen molar-refractivity contribution in [3.05, 3.63) is 23.3 Å². The highest BCUT2D eigenvalue weighted by Gasteiger charge is 2.17. The maximum atomic E-state index is 11.0. The third kappa shape index (κ3) is 3.88. The van der Waals surface area contributed by atoms with Crippen LogP contribution in [0.5, 0.6) is 11.5 Å². The molecule has 1 aromatic rings. The van der Waals surface area contributed by atoms with E-state index in [1.165, 1.54) is 0 Å². The van der Waals surface area contributed by atoms with E-state index in [1.807, 2.05) is 12.1 Å². The molecule has 0 fully saturated rings. The van der Waals surface area contributed by atoms with Crippen molar-refractivity contribution >= 4 is 5.97 Å². The van der Waals surface area contributed by atoms with Crippen molar-refractivity contribution in [2.24, 2.45) is 5.92 Å². The Morgan fingerprint density at radius 1 is 1.21 bits per heavy atom. The van der Waals surface area contributed by atoms with Crippen LogP contribution in [0.4, 0.5) is 0 Å². The van der Waals surface area contributed by atoms with Gasteiger partial charge in [0.1, 0.15) is 11.5 Å². The van der Waals surface area contributed by atoms with Gasteiger partial charge in [-0.15, -0.1) is 0 Å². The van der Waals surface area contributed by atoms with Gasteiger partial charge in [0.05, 0.1) is 20.1 Å². The molecule has 0 amide bonds. The minimum atomic E-state index is -0.807. The topological polar surface area (TPSA) is 55.8 Å². The van der Waals surface area contributed by atoms with Gasteiger partial charge < -0.3 is 14.6 Å². The molecule has 1 atom stereocenters. The fourth-order valence-electron chi connectivity index (χ4n) is 2.07. The van der Waals surface area contributed by atoms with Crippen molar-refractivity contribution < 1.29 is 19.4 Å².